The molecule has 1 unspecified atom stereocenters. The minimum atomic E-state index is -0.660. The van der Waals surface area contributed by atoms with Crippen LogP contribution in [0, 0.1) is 11.5 Å². The van der Waals surface area contributed by atoms with E-state index in [-0.39, 0.29) is 5.91 Å². The second-order valence-electron chi connectivity index (χ2n) is 2.02. The van der Waals surface area contributed by atoms with E-state index in [9.17, 15) is 9.59 Å². The van der Waals surface area contributed by atoms with Crippen LogP contribution in [0.3, 0.4) is 0 Å². The molecule has 0 fully saturated rings. The standard InChI is InChI=1S/C6H9N3O2/c1-4(9-5(2)10)6(11)8-3-7/h4H,1-2H3,(H,8,11)(H,9,10). The molecule has 0 aliphatic heterocycles. The molecule has 5 nitrogen and oxygen atoms in total. The van der Waals surface area contributed by atoms with Crippen molar-refractivity contribution in [2.75, 3.05) is 0 Å². The Bertz CT molecular complexity index is 206. The average molecular weight is 155 g/mol. The molecule has 2 N–H and O–H groups in total. The molecule has 5 heteroatoms. The highest BCUT2D eigenvalue weighted by Crippen LogP contribution is 1.79. The Labute approximate surface area is 64.4 Å². The zero-order valence-electron chi connectivity index (χ0n) is 6.34. The Hall–Kier alpha value is -1.57. The third-order valence-electron chi connectivity index (χ3n) is 0.992. The summed E-state index contributed by atoms with van der Waals surface area (Å²) in [6, 6.07) is -0.660. The van der Waals surface area contributed by atoms with Gasteiger partial charge >= 0.3 is 0 Å². The van der Waals surface area contributed by atoms with Crippen molar-refractivity contribution in [1.29, 1.82) is 5.26 Å². The quantitative estimate of drug-likeness (QED) is 0.401. The third-order valence-corrected chi connectivity index (χ3v) is 0.992. The van der Waals surface area contributed by atoms with Crippen LogP contribution in [0.4, 0.5) is 0 Å². The van der Waals surface area contributed by atoms with E-state index in [1.54, 1.807) is 0 Å². The summed E-state index contributed by atoms with van der Waals surface area (Å²) in [5.41, 5.74) is 0. The maximum absolute atomic E-state index is 10.7. The van der Waals surface area contributed by atoms with Crippen molar-refractivity contribution in [2.24, 2.45) is 0 Å². The molecule has 2 amide bonds. The first kappa shape index (κ1) is 9.43. The van der Waals surface area contributed by atoms with E-state index in [4.69, 9.17) is 5.26 Å². The van der Waals surface area contributed by atoms with Gasteiger partial charge < -0.3 is 5.32 Å². The topological polar surface area (TPSA) is 82.0 Å². The zero-order chi connectivity index (χ0) is 8.85. The molecule has 0 heterocycles. The molecule has 0 aliphatic rings. The maximum atomic E-state index is 10.7. The molecule has 0 radical (unpaired) electrons. The van der Waals surface area contributed by atoms with E-state index in [1.807, 2.05) is 5.32 Å². The van der Waals surface area contributed by atoms with Gasteiger partial charge in [-0.15, -0.1) is 0 Å². The highest BCUT2D eigenvalue weighted by Gasteiger charge is 2.11. The Morgan fingerprint density at radius 2 is 2.09 bits per heavy atom. The van der Waals surface area contributed by atoms with Gasteiger partial charge in [0, 0.05) is 6.92 Å². The first-order valence-electron chi connectivity index (χ1n) is 3.04. The van der Waals surface area contributed by atoms with Gasteiger partial charge in [-0.3, -0.25) is 14.9 Å². The number of nitriles is 1. The van der Waals surface area contributed by atoms with Crippen LogP contribution in [-0.2, 0) is 9.59 Å². The SMILES string of the molecule is CC(=O)NC(C)C(=O)NC#N. The number of hydrogen-bond donors (Lipinski definition) is 2. The van der Waals surface area contributed by atoms with Gasteiger partial charge in [0.05, 0.1) is 0 Å². The minimum Gasteiger partial charge on any atom is -0.345 e. The molecule has 0 aromatic carbocycles. The second-order valence-corrected chi connectivity index (χ2v) is 2.02. The van der Waals surface area contributed by atoms with Crippen molar-refractivity contribution in [3.63, 3.8) is 0 Å². The van der Waals surface area contributed by atoms with Gasteiger partial charge in [0.2, 0.25) is 5.91 Å². The zero-order valence-corrected chi connectivity index (χ0v) is 6.34. The summed E-state index contributed by atoms with van der Waals surface area (Å²) in [4.78, 5) is 21.1. The highest BCUT2D eigenvalue weighted by atomic mass is 16.2. The number of carbonyl (C=O) groups excluding carboxylic acids is 2. The Balaban J connectivity index is 3.85. The van der Waals surface area contributed by atoms with Crippen LogP contribution in [0.5, 0.6) is 0 Å². The summed E-state index contributed by atoms with van der Waals surface area (Å²) >= 11 is 0. The summed E-state index contributed by atoms with van der Waals surface area (Å²) in [6.07, 6.45) is 1.47. The highest BCUT2D eigenvalue weighted by molar-refractivity contribution is 5.87. The van der Waals surface area contributed by atoms with Gasteiger partial charge in [0.15, 0.2) is 6.19 Å². The normalized spacial score (nSPS) is 11.0. The first-order chi connectivity index (χ1) is 5.07. The molecule has 1 atom stereocenters. The number of amides is 2. The Morgan fingerprint density at radius 3 is 2.45 bits per heavy atom. The molecule has 0 aliphatic carbocycles. The molecular formula is C6H9N3O2. The number of rotatable bonds is 2. The largest absolute Gasteiger partial charge is 0.345 e. The van der Waals surface area contributed by atoms with Crippen LogP contribution in [0.15, 0.2) is 0 Å². The second kappa shape index (κ2) is 4.28. The number of carbonyl (C=O) groups is 2. The molecule has 0 aromatic heterocycles. The maximum Gasteiger partial charge on any atom is 0.255 e. The number of nitrogens with one attached hydrogen (secondary N) is 2. The van der Waals surface area contributed by atoms with Gasteiger partial charge in [0.1, 0.15) is 6.04 Å². The lowest BCUT2D eigenvalue weighted by molar-refractivity contribution is -0.126. The first-order valence-corrected chi connectivity index (χ1v) is 3.04. The molecule has 0 spiro atoms. The van der Waals surface area contributed by atoms with E-state index >= 15 is 0 Å². The van der Waals surface area contributed by atoms with Gasteiger partial charge in [-0.2, -0.15) is 5.26 Å². The molecule has 0 bridgehead atoms. The van der Waals surface area contributed by atoms with Gasteiger partial charge in [-0.1, -0.05) is 0 Å². The van der Waals surface area contributed by atoms with Crippen molar-refractivity contribution >= 4 is 11.8 Å². The average Bonchev–Trinajstić information content (AvgIpc) is 1.86. The van der Waals surface area contributed by atoms with Crippen molar-refractivity contribution in [2.45, 2.75) is 19.9 Å². The molecule has 11 heavy (non-hydrogen) atoms. The summed E-state index contributed by atoms with van der Waals surface area (Å²) < 4.78 is 0. The fourth-order valence-electron chi connectivity index (χ4n) is 0.534. The molecule has 60 valence electrons. The monoisotopic (exact) mass is 155 g/mol. The van der Waals surface area contributed by atoms with Crippen molar-refractivity contribution < 1.29 is 9.59 Å². The van der Waals surface area contributed by atoms with Crippen LogP contribution >= 0.6 is 0 Å². The van der Waals surface area contributed by atoms with Crippen LogP contribution in [0.25, 0.3) is 0 Å². The van der Waals surface area contributed by atoms with E-state index in [0.717, 1.165) is 0 Å². The fourth-order valence-corrected chi connectivity index (χ4v) is 0.534. The predicted molar refractivity (Wildman–Crippen MR) is 37.0 cm³/mol. The van der Waals surface area contributed by atoms with Gasteiger partial charge in [-0.25, -0.2) is 0 Å². The van der Waals surface area contributed by atoms with Gasteiger partial charge in [-0.05, 0) is 6.92 Å². The Morgan fingerprint density at radius 1 is 1.55 bits per heavy atom. The van der Waals surface area contributed by atoms with E-state index < -0.39 is 11.9 Å². The van der Waals surface area contributed by atoms with Crippen LogP contribution in [-0.4, -0.2) is 17.9 Å². The van der Waals surface area contributed by atoms with E-state index in [0.29, 0.717) is 0 Å². The van der Waals surface area contributed by atoms with Crippen molar-refractivity contribution in [3.8, 4) is 6.19 Å². The van der Waals surface area contributed by atoms with Crippen LogP contribution in [0.1, 0.15) is 13.8 Å². The summed E-state index contributed by atoms with van der Waals surface area (Å²) in [5, 5.41) is 12.3. The lowest BCUT2D eigenvalue weighted by Gasteiger charge is -2.07. The fraction of sp³-hybridized carbons (Fsp3) is 0.500. The lowest BCUT2D eigenvalue weighted by Crippen LogP contribution is -2.42. The van der Waals surface area contributed by atoms with Gasteiger partial charge in [0.25, 0.3) is 5.91 Å². The third kappa shape index (κ3) is 3.92. The van der Waals surface area contributed by atoms with E-state index in [1.165, 1.54) is 20.0 Å². The minimum absolute atomic E-state index is 0.300. The number of nitrogens with zero attached hydrogens (tertiary/aromatic N) is 1. The molecule has 0 saturated carbocycles. The molecule has 0 saturated heterocycles. The predicted octanol–water partition coefficient (Wildman–Crippen LogP) is -0.892. The van der Waals surface area contributed by atoms with Crippen molar-refractivity contribution in [1.82, 2.24) is 10.6 Å². The summed E-state index contributed by atoms with van der Waals surface area (Å²) in [5.74, 6) is -0.812. The molecular weight excluding hydrogens is 146 g/mol. The molecule has 0 rings (SSSR count). The van der Waals surface area contributed by atoms with E-state index in [2.05, 4.69) is 5.32 Å². The Kier molecular flexibility index (Phi) is 3.67. The smallest absolute Gasteiger partial charge is 0.255 e. The summed E-state index contributed by atoms with van der Waals surface area (Å²) in [7, 11) is 0. The summed E-state index contributed by atoms with van der Waals surface area (Å²) in [6.45, 7) is 2.80. The van der Waals surface area contributed by atoms with Crippen LogP contribution in [0.2, 0.25) is 0 Å². The molecule has 0 aromatic rings. The van der Waals surface area contributed by atoms with Crippen molar-refractivity contribution in [3.05, 3.63) is 0 Å². The number of hydrogen-bond acceptors (Lipinski definition) is 3. The lowest BCUT2D eigenvalue weighted by atomic mass is 10.3. The van der Waals surface area contributed by atoms with Crippen LogP contribution < -0.4 is 10.6 Å².